The first kappa shape index (κ1) is 18.7. The fourth-order valence-corrected chi connectivity index (χ4v) is 4.30. The van der Waals surface area contributed by atoms with Crippen LogP contribution in [0.3, 0.4) is 0 Å². The van der Waals surface area contributed by atoms with Crippen LogP contribution in [0.5, 0.6) is 5.75 Å². The lowest BCUT2D eigenvalue weighted by atomic mass is 9.74. The van der Waals surface area contributed by atoms with Crippen LogP contribution in [0, 0.1) is 15.9 Å². The lowest BCUT2D eigenvalue weighted by Crippen LogP contribution is -2.42. The Balaban J connectivity index is 2.23. The summed E-state index contributed by atoms with van der Waals surface area (Å²) in [4.78, 5) is 36.2. The molecule has 1 saturated carbocycles. The molecule has 0 amide bonds. The highest BCUT2D eigenvalue weighted by molar-refractivity contribution is 6.34. The number of nitro benzene ring substituents is 1. The summed E-state index contributed by atoms with van der Waals surface area (Å²) in [6, 6.07) is 0. The standard InChI is InChI=1S/C18H16ClFN2O6/c1-2-27-17(24)9-8-21-14-10(15(9)23)13(22(25)26)11(19)12(20)16(14)28-7-6-18(21)4-3-5-18/h8H,2-7H2,1H3. The molecule has 10 heteroatoms. The van der Waals surface area contributed by atoms with E-state index in [4.69, 9.17) is 21.1 Å². The van der Waals surface area contributed by atoms with Crippen LogP contribution >= 0.6 is 11.6 Å². The number of hydrogen-bond acceptors (Lipinski definition) is 6. The SMILES string of the molecule is CCOC(=O)c1cn2c3c(c(F)c(Cl)c([N+](=O)[O-])c3c1=O)OCCC21CCC1. The molecule has 8 nitrogen and oxygen atoms in total. The number of carbonyl (C=O) groups excluding carboxylic acids is 1. The quantitative estimate of drug-likeness (QED) is 0.436. The van der Waals surface area contributed by atoms with Gasteiger partial charge in [0.05, 0.1) is 18.1 Å². The lowest BCUT2D eigenvalue weighted by molar-refractivity contribution is -0.383. The Morgan fingerprint density at radius 1 is 1.46 bits per heavy atom. The molecule has 0 unspecified atom stereocenters. The van der Waals surface area contributed by atoms with Gasteiger partial charge in [-0.3, -0.25) is 14.9 Å². The fraction of sp³-hybridized carbons (Fsp3) is 0.444. The van der Waals surface area contributed by atoms with Gasteiger partial charge >= 0.3 is 11.7 Å². The average molecular weight is 411 g/mol. The molecule has 1 fully saturated rings. The topological polar surface area (TPSA) is 101 Å². The molecule has 1 aromatic carbocycles. The van der Waals surface area contributed by atoms with E-state index >= 15 is 0 Å². The molecule has 2 aliphatic rings. The number of hydrogen-bond donors (Lipinski definition) is 0. The molecule has 2 heterocycles. The molecule has 0 atom stereocenters. The normalized spacial score (nSPS) is 17.0. The van der Waals surface area contributed by atoms with E-state index in [1.165, 1.54) is 6.20 Å². The van der Waals surface area contributed by atoms with Crippen molar-refractivity contribution in [3.05, 3.63) is 42.9 Å². The second-order valence-electron chi connectivity index (χ2n) is 6.93. The zero-order chi connectivity index (χ0) is 20.2. The number of benzene rings is 1. The van der Waals surface area contributed by atoms with Crippen molar-refractivity contribution in [1.29, 1.82) is 0 Å². The number of pyridine rings is 1. The summed E-state index contributed by atoms with van der Waals surface area (Å²) in [7, 11) is 0. The first-order chi connectivity index (χ1) is 13.3. The van der Waals surface area contributed by atoms with Gasteiger partial charge in [-0.1, -0.05) is 11.6 Å². The number of halogens is 2. The summed E-state index contributed by atoms with van der Waals surface area (Å²) >= 11 is 5.90. The maximum Gasteiger partial charge on any atom is 0.343 e. The molecular weight excluding hydrogens is 395 g/mol. The predicted molar refractivity (Wildman–Crippen MR) is 97.7 cm³/mol. The van der Waals surface area contributed by atoms with Gasteiger partial charge in [0.2, 0.25) is 5.43 Å². The van der Waals surface area contributed by atoms with Gasteiger partial charge < -0.3 is 14.0 Å². The predicted octanol–water partition coefficient (Wildman–Crippen LogP) is 3.54. The Hall–Kier alpha value is -2.68. The second kappa shape index (κ2) is 6.44. The van der Waals surface area contributed by atoms with Crippen LogP contribution in [0.1, 0.15) is 43.0 Å². The first-order valence-corrected chi connectivity index (χ1v) is 9.25. The van der Waals surface area contributed by atoms with Crippen LogP contribution in [0.4, 0.5) is 10.1 Å². The Morgan fingerprint density at radius 2 is 2.18 bits per heavy atom. The van der Waals surface area contributed by atoms with Gasteiger partial charge in [-0.25, -0.2) is 9.18 Å². The minimum atomic E-state index is -1.09. The van der Waals surface area contributed by atoms with Crippen molar-refractivity contribution in [1.82, 2.24) is 4.57 Å². The van der Waals surface area contributed by atoms with E-state index in [0.717, 1.165) is 6.42 Å². The summed E-state index contributed by atoms with van der Waals surface area (Å²) in [5, 5.41) is 10.4. The summed E-state index contributed by atoms with van der Waals surface area (Å²) in [5.74, 6) is -2.29. The molecule has 0 radical (unpaired) electrons. The van der Waals surface area contributed by atoms with Crippen molar-refractivity contribution >= 4 is 34.2 Å². The Bertz CT molecular complexity index is 1090. The highest BCUT2D eigenvalue weighted by atomic mass is 35.5. The number of carbonyl (C=O) groups is 1. The lowest BCUT2D eigenvalue weighted by Gasteiger charge is -2.43. The molecule has 0 bridgehead atoms. The Kier molecular flexibility index (Phi) is 4.29. The van der Waals surface area contributed by atoms with Crippen LogP contribution in [0.2, 0.25) is 5.02 Å². The van der Waals surface area contributed by atoms with Gasteiger partial charge in [-0.2, -0.15) is 0 Å². The van der Waals surface area contributed by atoms with E-state index in [1.54, 1.807) is 11.5 Å². The van der Waals surface area contributed by atoms with Crippen LogP contribution in [-0.4, -0.2) is 28.7 Å². The third-order valence-electron chi connectivity index (χ3n) is 5.55. The largest absolute Gasteiger partial charge is 0.488 e. The number of esters is 1. The first-order valence-electron chi connectivity index (χ1n) is 8.87. The molecule has 1 spiro atoms. The van der Waals surface area contributed by atoms with Gasteiger partial charge in [0.25, 0.3) is 0 Å². The molecule has 28 heavy (non-hydrogen) atoms. The van der Waals surface area contributed by atoms with Crippen molar-refractivity contribution in [2.45, 2.75) is 38.1 Å². The molecule has 4 rings (SSSR count). The summed E-state index contributed by atoms with van der Waals surface area (Å²) in [5.41, 5.74) is -2.70. The molecule has 148 valence electrons. The zero-order valence-electron chi connectivity index (χ0n) is 14.9. The monoisotopic (exact) mass is 410 g/mol. The van der Waals surface area contributed by atoms with E-state index < -0.39 is 43.8 Å². The summed E-state index contributed by atoms with van der Waals surface area (Å²) < 4.78 is 26.9. The van der Waals surface area contributed by atoms with Crippen LogP contribution < -0.4 is 10.2 Å². The third kappa shape index (κ3) is 2.42. The zero-order valence-corrected chi connectivity index (χ0v) is 15.7. The highest BCUT2D eigenvalue weighted by Crippen LogP contribution is 2.50. The average Bonchev–Trinajstić information content (AvgIpc) is 2.78. The minimum absolute atomic E-state index is 0.0298. The maximum atomic E-state index is 14.9. The molecule has 1 aromatic heterocycles. The second-order valence-corrected chi connectivity index (χ2v) is 7.30. The van der Waals surface area contributed by atoms with Crippen LogP contribution in [0.15, 0.2) is 11.0 Å². The number of nitrogens with zero attached hydrogens (tertiary/aromatic N) is 2. The third-order valence-corrected chi connectivity index (χ3v) is 5.89. The Morgan fingerprint density at radius 3 is 2.75 bits per heavy atom. The van der Waals surface area contributed by atoms with Crippen LogP contribution in [-0.2, 0) is 10.3 Å². The smallest absolute Gasteiger partial charge is 0.343 e. The van der Waals surface area contributed by atoms with Gasteiger partial charge in [-0.15, -0.1) is 0 Å². The molecule has 1 aliphatic carbocycles. The van der Waals surface area contributed by atoms with Crippen molar-refractivity contribution < 1.29 is 23.6 Å². The van der Waals surface area contributed by atoms with Crippen molar-refractivity contribution in [2.24, 2.45) is 0 Å². The van der Waals surface area contributed by atoms with Crippen LogP contribution in [0.25, 0.3) is 10.9 Å². The van der Waals surface area contributed by atoms with E-state index in [1.807, 2.05) is 0 Å². The molecule has 0 saturated heterocycles. The van der Waals surface area contributed by atoms with E-state index in [0.29, 0.717) is 19.3 Å². The minimum Gasteiger partial charge on any atom is -0.488 e. The van der Waals surface area contributed by atoms with E-state index in [-0.39, 0.29) is 30.0 Å². The number of nitro groups is 1. The number of rotatable bonds is 3. The molecular formula is C18H16ClFN2O6. The number of ether oxygens (including phenoxy) is 2. The Labute approximate surface area is 162 Å². The summed E-state index contributed by atoms with van der Waals surface area (Å²) in [6.45, 7) is 1.77. The molecule has 0 N–H and O–H groups in total. The van der Waals surface area contributed by atoms with Gasteiger partial charge in [0.15, 0.2) is 16.6 Å². The number of aromatic nitrogens is 1. The van der Waals surface area contributed by atoms with E-state index in [9.17, 15) is 24.1 Å². The highest BCUT2D eigenvalue weighted by Gasteiger charge is 2.44. The maximum absolute atomic E-state index is 14.9. The van der Waals surface area contributed by atoms with Gasteiger partial charge in [0.1, 0.15) is 16.5 Å². The van der Waals surface area contributed by atoms with E-state index in [2.05, 4.69) is 0 Å². The molecule has 1 aliphatic heterocycles. The van der Waals surface area contributed by atoms with Crippen molar-refractivity contribution in [2.75, 3.05) is 13.2 Å². The van der Waals surface area contributed by atoms with Crippen molar-refractivity contribution in [3.63, 3.8) is 0 Å². The van der Waals surface area contributed by atoms with Gasteiger partial charge in [-0.05, 0) is 26.2 Å². The summed E-state index contributed by atoms with van der Waals surface area (Å²) in [6.07, 6.45) is 4.15. The fourth-order valence-electron chi connectivity index (χ4n) is 4.05. The van der Waals surface area contributed by atoms with Crippen molar-refractivity contribution in [3.8, 4) is 5.75 Å². The molecule has 2 aromatic rings. The number of fused-ring (bicyclic) bond motifs is 1. The van der Waals surface area contributed by atoms with Gasteiger partial charge in [0, 0.05) is 18.2 Å².